The van der Waals surface area contributed by atoms with E-state index in [9.17, 15) is 4.79 Å². The maximum Gasteiger partial charge on any atom is 0.253 e. The number of amides is 1. The van der Waals surface area contributed by atoms with Gasteiger partial charge in [0.15, 0.2) is 0 Å². The van der Waals surface area contributed by atoms with Gasteiger partial charge in [0.25, 0.3) is 5.91 Å². The van der Waals surface area contributed by atoms with Crippen LogP contribution < -0.4 is 4.74 Å². The Balaban J connectivity index is 1.61. The normalized spacial score (nSPS) is 17.5. The number of hydrogen-bond donors (Lipinski definition) is 0. The van der Waals surface area contributed by atoms with Crippen LogP contribution in [0.25, 0.3) is 0 Å². The molecule has 0 aliphatic carbocycles. The number of ether oxygens (including phenoxy) is 1. The summed E-state index contributed by atoms with van der Waals surface area (Å²) >= 11 is 5.85. The van der Waals surface area contributed by atoms with Crippen molar-refractivity contribution in [2.45, 2.75) is 19.4 Å². The lowest BCUT2D eigenvalue weighted by molar-refractivity contribution is 0.0771. The van der Waals surface area contributed by atoms with Crippen LogP contribution in [0.1, 0.15) is 22.3 Å². The Morgan fingerprint density at radius 3 is 2.73 bits per heavy atom. The van der Waals surface area contributed by atoms with E-state index >= 15 is 0 Å². The van der Waals surface area contributed by atoms with Gasteiger partial charge >= 0.3 is 0 Å². The molecule has 0 saturated carbocycles. The van der Waals surface area contributed by atoms with Gasteiger partial charge in [0, 0.05) is 35.8 Å². The van der Waals surface area contributed by atoms with Crippen LogP contribution in [0.5, 0.6) is 5.88 Å². The highest BCUT2D eigenvalue weighted by Gasteiger charge is 2.28. The van der Waals surface area contributed by atoms with Gasteiger partial charge in [0.2, 0.25) is 5.88 Å². The van der Waals surface area contributed by atoms with Gasteiger partial charge in [-0.15, -0.1) is 0 Å². The minimum absolute atomic E-state index is 0.00791. The lowest BCUT2D eigenvalue weighted by Gasteiger charge is -2.17. The molecule has 1 aliphatic heterocycles. The maximum atomic E-state index is 12.4. The van der Waals surface area contributed by atoms with Crippen molar-refractivity contribution in [2.24, 2.45) is 0 Å². The molecule has 2 aromatic rings. The molecular formula is C17H17ClN2O2. The van der Waals surface area contributed by atoms with E-state index in [0.29, 0.717) is 29.6 Å². The fourth-order valence-corrected chi connectivity index (χ4v) is 2.60. The zero-order valence-corrected chi connectivity index (χ0v) is 13.1. The molecule has 1 aromatic carbocycles. The Hall–Kier alpha value is -2.07. The molecule has 4 nitrogen and oxygen atoms in total. The number of hydrogen-bond acceptors (Lipinski definition) is 3. The molecule has 0 N–H and O–H groups in total. The van der Waals surface area contributed by atoms with Crippen LogP contribution in [-0.2, 0) is 0 Å². The first kappa shape index (κ1) is 14.9. The quantitative estimate of drug-likeness (QED) is 0.872. The molecule has 1 atom stereocenters. The number of aromatic nitrogens is 1. The summed E-state index contributed by atoms with van der Waals surface area (Å²) in [6.07, 6.45) is 2.59. The first-order chi connectivity index (χ1) is 10.6. The van der Waals surface area contributed by atoms with E-state index in [2.05, 4.69) is 4.98 Å². The second-order valence-electron chi connectivity index (χ2n) is 5.46. The minimum Gasteiger partial charge on any atom is -0.472 e. The van der Waals surface area contributed by atoms with E-state index in [0.717, 1.165) is 12.0 Å². The van der Waals surface area contributed by atoms with Crippen LogP contribution in [-0.4, -0.2) is 35.0 Å². The Morgan fingerprint density at radius 2 is 2.05 bits per heavy atom. The highest BCUT2D eigenvalue weighted by molar-refractivity contribution is 6.30. The average Bonchev–Trinajstić information content (AvgIpc) is 2.98. The summed E-state index contributed by atoms with van der Waals surface area (Å²) in [6, 6.07) is 10.8. The number of pyridine rings is 1. The first-order valence-corrected chi connectivity index (χ1v) is 7.64. The van der Waals surface area contributed by atoms with Crippen LogP contribution in [0.3, 0.4) is 0 Å². The predicted octanol–water partition coefficient (Wildman–Crippen LogP) is 3.34. The predicted molar refractivity (Wildman–Crippen MR) is 85.4 cm³/mol. The molecule has 5 heteroatoms. The van der Waals surface area contributed by atoms with E-state index in [-0.39, 0.29) is 12.0 Å². The standard InChI is InChI=1S/C17H17ClN2O2/c1-12-2-7-16(19-10-12)22-15-8-9-20(11-15)17(21)13-3-5-14(18)6-4-13/h2-7,10,15H,8-9,11H2,1H3. The second kappa shape index (κ2) is 6.36. The molecule has 3 rings (SSSR count). The molecule has 0 bridgehead atoms. The maximum absolute atomic E-state index is 12.4. The van der Waals surface area contributed by atoms with Gasteiger partial charge < -0.3 is 9.64 Å². The molecule has 22 heavy (non-hydrogen) atoms. The molecule has 1 aliphatic rings. The number of halogens is 1. The smallest absolute Gasteiger partial charge is 0.253 e. The first-order valence-electron chi connectivity index (χ1n) is 7.26. The summed E-state index contributed by atoms with van der Waals surface area (Å²) in [6.45, 7) is 3.26. The number of carbonyl (C=O) groups excluding carboxylic acids is 1. The summed E-state index contributed by atoms with van der Waals surface area (Å²) in [5, 5.41) is 0.629. The molecule has 0 spiro atoms. The zero-order chi connectivity index (χ0) is 15.5. The fourth-order valence-electron chi connectivity index (χ4n) is 2.48. The van der Waals surface area contributed by atoms with Crippen LogP contribution in [0.2, 0.25) is 5.02 Å². The monoisotopic (exact) mass is 316 g/mol. The SMILES string of the molecule is Cc1ccc(OC2CCN(C(=O)c3ccc(Cl)cc3)C2)nc1. The lowest BCUT2D eigenvalue weighted by Crippen LogP contribution is -2.31. The van der Waals surface area contributed by atoms with E-state index in [4.69, 9.17) is 16.3 Å². The molecule has 1 aromatic heterocycles. The van der Waals surface area contributed by atoms with Gasteiger partial charge in [-0.05, 0) is 36.8 Å². The van der Waals surface area contributed by atoms with Crippen LogP contribution >= 0.6 is 11.6 Å². The van der Waals surface area contributed by atoms with Crippen LogP contribution in [0.15, 0.2) is 42.6 Å². The van der Waals surface area contributed by atoms with Gasteiger partial charge in [-0.2, -0.15) is 0 Å². The van der Waals surface area contributed by atoms with Crippen molar-refractivity contribution >= 4 is 17.5 Å². The molecule has 1 saturated heterocycles. The molecule has 1 amide bonds. The largest absolute Gasteiger partial charge is 0.472 e. The number of nitrogens with zero attached hydrogens (tertiary/aromatic N) is 2. The highest BCUT2D eigenvalue weighted by atomic mass is 35.5. The van der Waals surface area contributed by atoms with E-state index in [1.807, 2.05) is 24.0 Å². The van der Waals surface area contributed by atoms with Crippen molar-refractivity contribution in [3.05, 3.63) is 58.7 Å². The molecule has 114 valence electrons. The summed E-state index contributed by atoms with van der Waals surface area (Å²) in [7, 11) is 0. The molecule has 2 heterocycles. The number of rotatable bonds is 3. The number of likely N-dealkylation sites (tertiary alicyclic amines) is 1. The Bertz CT molecular complexity index is 655. The van der Waals surface area contributed by atoms with E-state index in [1.165, 1.54) is 0 Å². The number of benzene rings is 1. The summed E-state index contributed by atoms with van der Waals surface area (Å²) < 4.78 is 5.84. The number of carbonyl (C=O) groups is 1. The lowest BCUT2D eigenvalue weighted by atomic mass is 10.2. The van der Waals surface area contributed by atoms with Gasteiger partial charge in [-0.3, -0.25) is 4.79 Å². The topological polar surface area (TPSA) is 42.4 Å². The van der Waals surface area contributed by atoms with Crippen molar-refractivity contribution in [3.63, 3.8) is 0 Å². The van der Waals surface area contributed by atoms with E-state index in [1.54, 1.807) is 30.5 Å². The van der Waals surface area contributed by atoms with Crippen LogP contribution in [0, 0.1) is 6.92 Å². The van der Waals surface area contributed by atoms with Gasteiger partial charge in [-0.1, -0.05) is 17.7 Å². The molecular weight excluding hydrogens is 300 g/mol. The van der Waals surface area contributed by atoms with Crippen molar-refractivity contribution < 1.29 is 9.53 Å². The Labute approximate surface area is 134 Å². The van der Waals surface area contributed by atoms with Crippen molar-refractivity contribution in [3.8, 4) is 5.88 Å². The third-order valence-electron chi connectivity index (χ3n) is 3.70. The third-order valence-corrected chi connectivity index (χ3v) is 3.95. The van der Waals surface area contributed by atoms with Gasteiger partial charge in [0.05, 0.1) is 6.54 Å². The average molecular weight is 317 g/mol. The van der Waals surface area contributed by atoms with Crippen LogP contribution in [0.4, 0.5) is 0 Å². The minimum atomic E-state index is -0.00791. The van der Waals surface area contributed by atoms with Gasteiger partial charge in [-0.25, -0.2) is 4.98 Å². The number of aryl methyl sites for hydroxylation is 1. The summed E-state index contributed by atoms with van der Waals surface area (Å²) in [5.41, 5.74) is 1.75. The summed E-state index contributed by atoms with van der Waals surface area (Å²) in [4.78, 5) is 18.5. The molecule has 1 fully saturated rings. The Morgan fingerprint density at radius 1 is 1.27 bits per heavy atom. The molecule has 0 radical (unpaired) electrons. The Kier molecular flexibility index (Phi) is 4.29. The van der Waals surface area contributed by atoms with Crippen molar-refractivity contribution in [1.29, 1.82) is 0 Å². The third kappa shape index (κ3) is 3.39. The second-order valence-corrected chi connectivity index (χ2v) is 5.90. The highest BCUT2D eigenvalue weighted by Crippen LogP contribution is 2.19. The summed E-state index contributed by atoms with van der Waals surface area (Å²) in [5.74, 6) is 0.621. The van der Waals surface area contributed by atoms with Crippen molar-refractivity contribution in [2.75, 3.05) is 13.1 Å². The van der Waals surface area contributed by atoms with E-state index < -0.39 is 0 Å². The van der Waals surface area contributed by atoms with Gasteiger partial charge in [0.1, 0.15) is 6.10 Å². The fraction of sp³-hybridized carbons (Fsp3) is 0.294. The molecule has 1 unspecified atom stereocenters. The van der Waals surface area contributed by atoms with Crippen molar-refractivity contribution in [1.82, 2.24) is 9.88 Å². The zero-order valence-electron chi connectivity index (χ0n) is 12.3.